The van der Waals surface area contributed by atoms with E-state index in [-0.39, 0.29) is 23.3 Å². The van der Waals surface area contributed by atoms with Gasteiger partial charge in [-0.1, -0.05) is 29.8 Å². The van der Waals surface area contributed by atoms with Crippen LogP contribution in [0.1, 0.15) is 24.8 Å². The molecule has 1 fully saturated rings. The van der Waals surface area contributed by atoms with E-state index in [0.29, 0.717) is 31.4 Å². The van der Waals surface area contributed by atoms with Gasteiger partial charge in [0.1, 0.15) is 0 Å². The minimum Gasteiger partial charge on any atom is -0.342 e. The van der Waals surface area contributed by atoms with E-state index in [1.165, 1.54) is 6.20 Å². The largest absolute Gasteiger partial charge is 0.342 e. The number of aromatic nitrogens is 2. The zero-order valence-corrected chi connectivity index (χ0v) is 18.8. The topological polar surface area (TPSA) is 96.3 Å². The molecule has 172 valence electrons. The molecule has 0 spiro atoms. The van der Waals surface area contributed by atoms with Crippen molar-refractivity contribution in [1.82, 2.24) is 20.0 Å². The molecule has 8 nitrogen and oxygen atoms in total. The molecule has 2 aromatic carbocycles. The van der Waals surface area contributed by atoms with E-state index in [9.17, 15) is 14.4 Å². The Labute approximate surface area is 192 Å². The first-order valence-electron chi connectivity index (χ1n) is 11.3. The molecule has 0 radical (unpaired) electrons. The van der Waals surface area contributed by atoms with E-state index in [1.807, 2.05) is 54.3 Å². The lowest BCUT2D eigenvalue weighted by Gasteiger charge is -2.33. The van der Waals surface area contributed by atoms with Gasteiger partial charge >= 0.3 is 6.03 Å². The predicted molar refractivity (Wildman–Crippen MR) is 128 cm³/mol. The van der Waals surface area contributed by atoms with Gasteiger partial charge in [-0.15, -0.1) is 0 Å². The fraction of sp³-hybridized carbons (Fsp3) is 0.360. The van der Waals surface area contributed by atoms with Crippen molar-refractivity contribution >= 4 is 28.5 Å². The molecular formula is C25H29N5O3. The summed E-state index contributed by atoms with van der Waals surface area (Å²) in [5.74, 6) is 0.284. The maximum absolute atomic E-state index is 12.9. The summed E-state index contributed by atoms with van der Waals surface area (Å²) in [4.78, 5) is 38.9. The SMILES string of the molecule is Cc1ccc(NC(=O)NCC2CCCN(C(=O)CCn3ncc(=O)c4ccccc43)C2)cc1. The third-order valence-corrected chi connectivity index (χ3v) is 6.03. The van der Waals surface area contributed by atoms with Crippen LogP contribution in [0.3, 0.4) is 0 Å². The highest BCUT2D eigenvalue weighted by Gasteiger charge is 2.24. The first-order chi connectivity index (χ1) is 16.0. The Hall–Kier alpha value is -3.68. The van der Waals surface area contributed by atoms with E-state index >= 15 is 0 Å². The average Bonchev–Trinajstić information content (AvgIpc) is 2.84. The van der Waals surface area contributed by atoms with Gasteiger partial charge in [0, 0.05) is 37.1 Å². The molecule has 1 aliphatic rings. The van der Waals surface area contributed by atoms with Crippen molar-refractivity contribution in [2.24, 2.45) is 5.92 Å². The molecule has 4 rings (SSSR count). The van der Waals surface area contributed by atoms with Crippen LogP contribution in [-0.4, -0.2) is 46.3 Å². The number of amides is 3. The summed E-state index contributed by atoms with van der Waals surface area (Å²) in [6.45, 7) is 4.29. The van der Waals surface area contributed by atoms with Crippen molar-refractivity contribution in [3.8, 4) is 0 Å². The van der Waals surface area contributed by atoms with Gasteiger partial charge in [0.15, 0.2) is 0 Å². The van der Waals surface area contributed by atoms with Crippen LogP contribution < -0.4 is 16.1 Å². The van der Waals surface area contributed by atoms with Crippen LogP contribution in [0, 0.1) is 12.8 Å². The fourth-order valence-corrected chi connectivity index (χ4v) is 4.21. The van der Waals surface area contributed by atoms with Gasteiger partial charge in [-0.3, -0.25) is 14.3 Å². The quantitative estimate of drug-likeness (QED) is 0.607. The monoisotopic (exact) mass is 447 g/mol. The van der Waals surface area contributed by atoms with Gasteiger partial charge in [-0.2, -0.15) is 5.10 Å². The molecule has 0 saturated carbocycles. The molecule has 33 heavy (non-hydrogen) atoms. The van der Waals surface area contributed by atoms with E-state index in [0.717, 1.165) is 36.2 Å². The smallest absolute Gasteiger partial charge is 0.319 e. The highest BCUT2D eigenvalue weighted by molar-refractivity contribution is 5.89. The maximum Gasteiger partial charge on any atom is 0.319 e. The van der Waals surface area contributed by atoms with Crippen molar-refractivity contribution in [3.63, 3.8) is 0 Å². The molecule has 1 unspecified atom stereocenters. The van der Waals surface area contributed by atoms with E-state index in [2.05, 4.69) is 15.7 Å². The second-order valence-electron chi connectivity index (χ2n) is 8.55. The molecule has 1 atom stereocenters. The predicted octanol–water partition coefficient (Wildman–Crippen LogP) is 3.16. The number of rotatable bonds is 6. The number of aryl methyl sites for hydroxylation is 2. The zero-order valence-electron chi connectivity index (χ0n) is 18.8. The Morgan fingerprint density at radius 1 is 1.12 bits per heavy atom. The van der Waals surface area contributed by atoms with Gasteiger partial charge in [-0.25, -0.2) is 4.79 Å². The molecule has 0 bridgehead atoms. The first-order valence-corrected chi connectivity index (χ1v) is 11.3. The molecule has 0 aliphatic carbocycles. The van der Waals surface area contributed by atoms with Crippen molar-refractivity contribution in [3.05, 3.63) is 70.5 Å². The number of carbonyl (C=O) groups is 2. The number of benzene rings is 2. The highest BCUT2D eigenvalue weighted by atomic mass is 16.2. The van der Waals surface area contributed by atoms with Crippen molar-refractivity contribution < 1.29 is 9.59 Å². The van der Waals surface area contributed by atoms with Gasteiger partial charge in [0.05, 0.1) is 18.3 Å². The van der Waals surface area contributed by atoms with Crippen LogP contribution in [0.5, 0.6) is 0 Å². The van der Waals surface area contributed by atoms with Crippen molar-refractivity contribution in [2.45, 2.75) is 32.7 Å². The third kappa shape index (κ3) is 5.77. The van der Waals surface area contributed by atoms with Gasteiger partial charge in [0.2, 0.25) is 11.3 Å². The molecule has 8 heteroatoms. The Morgan fingerprint density at radius 2 is 1.91 bits per heavy atom. The number of nitrogens with one attached hydrogen (secondary N) is 2. The molecule has 3 amide bonds. The van der Waals surface area contributed by atoms with Gasteiger partial charge in [-0.05, 0) is 49.9 Å². The lowest BCUT2D eigenvalue weighted by atomic mass is 9.97. The van der Waals surface area contributed by atoms with Crippen LogP contribution in [0.15, 0.2) is 59.5 Å². The van der Waals surface area contributed by atoms with E-state index in [1.54, 1.807) is 10.7 Å². The van der Waals surface area contributed by atoms with Crippen LogP contribution >= 0.6 is 0 Å². The molecule has 1 saturated heterocycles. The first kappa shape index (κ1) is 22.5. The Morgan fingerprint density at radius 3 is 2.73 bits per heavy atom. The summed E-state index contributed by atoms with van der Waals surface area (Å²) in [7, 11) is 0. The Kier molecular flexibility index (Phi) is 7.02. The van der Waals surface area contributed by atoms with Crippen molar-refractivity contribution in [2.75, 3.05) is 25.0 Å². The average molecular weight is 448 g/mol. The second-order valence-corrected chi connectivity index (χ2v) is 8.55. The number of fused-ring (bicyclic) bond motifs is 1. The van der Waals surface area contributed by atoms with Crippen molar-refractivity contribution in [1.29, 1.82) is 0 Å². The number of urea groups is 1. The summed E-state index contributed by atoms with van der Waals surface area (Å²) in [6, 6.07) is 14.7. The summed E-state index contributed by atoms with van der Waals surface area (Å²) in [6.07, 6.45) is 3.50. The zero-order chi connectivity index (χ0) is 23.2. The van der Waals surface area contributed by atoms with Gasteiger partial charge in [0.25, 0.3) is 0 Å². The molecule has 2 heterocycles. The number of hydrogen-bond donors (Lipinski definition) is 2. The maximum atomic E-state index is 12.9. The fourth-order valence-electron chi connectivity index (χ4n) is 4.21. The number of hydrogen-bond acceptors (Lipinski definition) is 4. The Bertz CT molecular complexity index is 1190. The number of nitrogens with zero attached hydrogens (tertiary/aromatic N) is 3. The summed E-state index contributed by atoms with van der Waals surface area (Å²) < 4.78 is 1.72. The van der Waals surface area contributed by atoms with Crippen LogP contribution in [-0.2, 0) is 11.3 Å². The molecule has 1 aliphatic heterocycles. The number of likely N-dealkylation sites (tertiary alicyclic amines) is 1. The summed E-state index contributed by atoms with van der Waals surface area (Å²) in [5.41, 5.74) is 2.50. The van der Waals surface area contributed by atoms with E-state index in [4.69, 9.17) is 0 Å². The number of anilines is 1. The lowest BCUT2D eigenvalue weighted by molar-refractivity contribution is -0.133. The molecular weight excluding hydrogens is 418 g/mol. The second kappa shape index (κ2) is 10.3. The van der Waals surface area contributed by atoms with E-state index < -0.39 is 0 Å². The standard InChI is InChI=1S/C25H29N5O3/c1-18-8-10-20(11-9-18)28-25(33)26-15-19-5-4-13-29(17-19)24(32)12-14-30-22-7-3-2-6-21(22)23(31)16-27-30/h2-3,6-11,16,19H,4-5,12-15,17H2,1H3,(H2,26,28,33). The summed E-state index contributed by atoms with van der Waals surface area (Å²) >= 11 is 0. The number of para-hydroxylation sites is 1. The molecule has 1 aromatic heterocycles. The third-order valence-electron chi connectivity index (χ3n) is 6.03. The Balaban J connectivity index is 1.27. The van der Waals surface area contributed by atoms with Gasteiger partial charge < -0.3 is 15.5 Å². The lowest BCUT2D eigenvalue weighted by Crippen LogP contribution is -2.44. The number of carbonyl (C=O) groups excluding carboxylic acids is 2. The number of piperidine rings is 1. The molecule has 3 aromatic rings. The normalized spacial score (nSPS) is 15.9. The minimum absolute atomic E-state index is 0.0633. The highest BCUT2D eigenvalue weighted by Crippen LogP contribution is 2.17. The van der Waals surface area contributed by atoms with Crippen LogP contribution in [0.2, 0.25) is 0 Å². The van der Waals surface area contributed by atoms with Crippen LogP contribution in [0.25, 0.3) is 10.9 Å². The van der Waals surface area contributed by atoms with Crippen LogP contribution in [0.4, 0.5) is 10.5 Å². The molecule has 2 N–H and O–H groups in total. The minimum atomic E-state index is -0.238. The summed E-state index contributed by atoms with van der Waals surface area (Å²) in [5, 5.41) is 10.6.